The number of hydrogen-bond donors (Lipinski definition) is 0. The van der Waals surface area contributed by atoms with Gasteiger partial charge in [-0.1, -0.05) is 37.3 Å². The minimum Gasteiger partial charge on any atom is -0.461 e. The molecule has 1 aromatic heterocycles. The van der Waals surface area contributed by atoms with E-state index >= 15 is 0 Å². The topological polar surface area (TPSA) is 50.5 Å². The molecule has 2 aliphatic rings. The van der Waals surface area contributed by atoms with Crippen molar-refractivity contribution in [2.45, 2.75) is 32.1 Å². The van der Waals surface area contributed by atoms with E-state index in [1.807, 2.05) is 47.4 Å². The van der Waals surface area contributed by atoms with Crippen molar-refractivity contribution in [2.24, 2.45) is 11.8 Å². The molecule has 27 heavy (non-hydrogen) atoms. The van der Waals surface area contributed by atoms with Gasteiger partial charge in [-0.15, -0.1) is 0 Å². The molecule has 1 saturated heterocycles. The molecule has 2 aromatic rings. The van der Waals surface area contributed by atoms with Crippen molar-refractivity contribution >= 4 is 17.8 Å². The number of nitrogens with zero attached hydrogens (tertiary/aromatic N) is 1. The molecule has 1 aliphatic carbocycles. The lowest BCUT2D eigenvalue weighted by Gasteiger charge is -2.30. The van der Waals surface area contributed by atoms with Crippen LogP contribution >= 0.6 is 0 Å². The lowest BCUT2D eigenvalue weighted by molar-refractivity contribution is -0.127. The Morgan fingerprint density at radius 2 is 1.78 bits per heavy atom. The van der Waals surface area contributed by atoms with Crippen molar-refractivity contribution in [1.29, 1.82) is 0 Å². The maximum absolute atomic E-state index is 12.5. The van der Waals surface area contributed by atoms with Crippen molar-refractivity contribution in [2.75, 3.05) is 13.1 Å². The summed E-state index contributed by atoms with van der Waals surface area (Å²) in [6.07, 6.45) is 5.96. The lowest BCUT2D eigenvalue weighted by atomic mass is 9.89. The van der Waals surface area contributed by atoms with E-state index in [1.165, 1.54) is 6.42 Å². The van der Waals surface area contributed by atoms with E-state index in [4.69, 9.17) is 4.42 Å². The third kappa shape index (κ3) is 4.05. The van der Waals surface area contributed by atoms with E-state index in [0.717, 1.165) is 29.9 Å². The highest BCUT2D eigenvalue weighted by atomic mass is 16.3. The van der Waals surface area contributed by atoms with Gasteiger partial charge in [0.05, 0.1) is 0 Å². The molecule has 4 rings (SSSR count). The first-order valence-corrected chi connectivity index (χ1v) is 9.78. The van der Waals surface area contributed by atoms with Gasteiger partial charge in [0.15, 0.2) is 5.78 Å². The number of likely N-dealkylation sites (tertiary alicyclic amines) is 1. The minimum absolute atomic E-state index is 0.00796. The maximum atomic E-state index is 12.5. The van der Waals surface area contributed by atoms with Gasteiger partial charge in [0.2, 0.25) is 5.91 Å². The largest absolute Gasteiger partial charge is 0.461 e. The van der Waals surface area contributed by atoms with Gasteiger partial charge < -0.3 is 9.32 Å². The lowest BCUT2D eigenvalue weighted by Crippen LogP contribution is -2.39. The zero-order valence-electron chi connectivity index (χ0n) is 15.6. The summed E-state index contributed by atoms with van der Waals surface area (Å²) < 4.78 is 5.81. The smallest absolute Gasteiger partial charge is 0.246 e. The standard InChI is InChI=1S/C23H25NO3/c1-16-15-20(16)21-9-7-19(27-21)8-10-22(25)24-13-11-18(12-14-24)23(26)17-5-3-2-4-6-17/h2-10,16,18,20H,11-15H2,1H3/b10-8+. The van der Waals surface area contributed by atoms with E-state index in [1.54, 1.807) is 12.2 Å². The second-order valence-electron chi connectivity index (χ2n) is 7.72. The van der Waals surface area contributed by atoms with Gasteiger partial charge in [-0.05, 0) is 43.4 Å². The van der Waals surface area contributed by atoms with Crippen LogP contribution in [0.25, 0.3) is 6.08 Å². The fourth-order valence-electron chi connectivity index (χ4n) is 3.83. The second kappa shape index (κ2) is 7.55. The first-order chi connectivity index (χ1) is 13.1. The zero-order chi connectivity index (χ0) is 18.8. The number of ketones is 1. The molecule has 2 fully saturated rings. The number of amides is 1. The predicted molar refractivity (Wildman–Crippen MR) is 104 cm³/mol. The summed E-state index contributed by atoms with van der Waals surface area (Å²) in [5, 5.41) is 0. The summed E-state index contributed by atoms with van der Waals surface area (Å²) in [4.78, 5) is 26.8. The van der Waals surface area contributed by atoms with Gasteiger partial charge in [0.25, 0.3) is 0 Å². The van der Waals surface area contributed by atoms with Crippen molar-refractivity contribution in [1.82, 2.24) is 4.90 Å². The highest BCUT2D eigenvalue weighted by Crippen LogP contribution is 2.47. The molecule has 1 saturated carbocycles. The Hall–Kier alpha value is -2.62. The Kier molecular flexibility index (Phi) is 4.97. The quantitative estimate of drug-likeness (QED) is 0.579. The average Bonchev–Trinajstić information content (AvgIpc) is 3.26. The Morgan fingerprint density at radius 1 is 1.07 bits per heavy atom. The molecular formula is C23H25NO3. The number of rotatable bonds is 5. The molecule has 4 heteroatoms. The SMILES string of the molecule is CC1CC1c1ccc(/C=C/C(=O)N2CCC(C(=O)c3ccccc3)CC2)o1. The van der Waals surface area contributed by atoms with Gasteiger partial charge in [-0.25, -0.2) is 0 Å². The number of furan rings is 1. The van der Waals surface area contributed by atoms with Crippen LogP contribution in [0.4, 0.5) is 0 Å². The fourth-order valence-corrected chi connectivity index (χ4v) is 3.83. The van der Waals surface area contributed by atoms with E-state index in [0.29, 0.717) is 24.9 Å². The first kappa shape index (κ1) is 17.8. The van der Waals surface area contributed by atoms with Crippen molar-refractivity contribution in [3.63, 3.8) is 0 Å². The van der Waals surface area contributed by atoms with E-state index in [9.17, 15) is 9.59 Å². The van der Waals surface area contributed by atoms with Crippen LogP contribution in [0.3, 0.4) is 0 Å². The number of carbonyl (C=O) groups excluding carboxylic acids is 2. The van der Waals surface area contributed by atoms with Gasteiger partial charge in [0, 0.05) is 36.6 Å². The number of benzene rings is 1. The average molecular weight is 363 g/mol. The molecule has 1 aliphatic heterocycles. The molecule has 140 valence electrons. The number of carbonyl (C=O) groups is 2. The minimum atomic E-state index is -0.0154. The van der Waals surface area contributed by atoms with Crippen LogP contribution < -0.4 is 0 Å². The number of Topliss-reactive ketones (excluding diaryl/α,β-unsaturated/α-hetero) is 1. The molecule has 0 bridgehead atoms. The predicted octanol–water partition coefficient (Wildman–Crippen LogP) is 4.54. The monoisotopic (exact) mass is 363 g/mol. The molecule has 0 N–H and O–H groups in total. The molecule has 1 amide bonds. The molecule has 0 spiro atoms. The summed E-state index contributed by atoms with van der Waals surface area (Å²) >= 11 is 0. The number of piperidine rings is 1. The molecule has 4 nitrogen and oxygen atoms in total. The highest BCUT2D eigenvalue weighted by molar-refractivity contribution is 5.98. The number of hydrogen-bond acceptors (Lipinski definition) is 3. The molecular weight excluding hydrogens is 338 g/mol. The van der Waals surface area contributed by atoms with Gasteiger partial charge in [-0.3, -0.25) is 9.59 Å². The Morgan fingerprint density at radius 3 is 2.44 bits per heavy atom. The van der Waals surface area contributed by atoms with Crippen LogP contribution in [0.15, 0.2) is 53.0 Å². The highest BCUT2D eigenvalue weighted by Gasteiger charge is 2.36. The van der Waals surface area contributed by atoms with Crippen LogP contribution in [-0.2, 0) is 4.79 Å². The van der Waals surface area contributed by atoms with Crippen LogP contribution in [0.2, 0.25) is 0 Å². The summed E-state index contributed by atoms with van der Waals surface area (Å²) in [5.74, 6) is 3.18. The Bertz CT molecular complexity index is 844. The second-order valence-corrected chi connectivity index (χ2v) is 7.72. The summed E-state index contributed by atoms with van der Waals surface area (Å²) in [6, 6.07) is 13.4. The molecule has 2 atom stereocenters. The third-order valence-corrected chi connectivity index (χ3v) is 5.75. The molecule has 1 aromatic carbocycles. The van der Waals surface area contributed by atoms with Crippen molar-refractivity contribution in [3.8, 4) is 0 Å². The van der Waals surface area contributed by atoms with E-state index < -0.39 is 0 Å². The Labute approximate surface area is 159 Å². The van der Waals surface area contributed by atoms with Gasteiger partial charge >= 0.3 is 0 Å². The molecule has 2 heterocycles. The summed E-state index contributed by atoms with van der Waals surface area (Å²) in [7, 11) is 0. The normalized spacial score (nSPS) is 22.9. The van der Waals surface area contributed by atoms with Crippen LogP contribution in [0.5, 0.6) is 0 Å². The summed E-state index contributed by atoms with van der Waals surface area (Å²) in [5.41, 5.74) is 0.765. The van der Waals surface area contributed by atoms with E-state index in [2.05, 4.69) is 6.92 Å². The van der Waals surface area contributed by atoms with Crippen LogP contribution in [0, 0.1) is 11.8 Å². The summed E-state index contributed by atoms with van der Waals surface area (Å²) in [6.45, 7) is 3.46. The van der Waals surface area contributed by atoms with Crippen LogP contribution in [0.1, 0.15) is 54.0 Å². The fraction of sp³-hybridized carbons (Fsp3) is 0.391. The maximum Gasteiger partial charge on any atom is 0.246 e. The van der Waals surface area contributed by atoms with Crippen molar-refractivity contribution in [3.05, 3.63) is 65.6 Å². The Balaban J connectivity index is 1.29. The van der Waals surface area contributed by atoms with E-state index in [-0.39, 0.29) is 17.6 Å². The first-order valence-electron chi connectivity index (χ1n) is 9.78. The third-order valence-electron chi connectivity index (χ3n) is 5.75. The molecule has 0 radical (unpaired) electrons. The molecule has 2 unspecified atom stereocenters. The van der Waals surface area contributed by atoms with Crippen LogP contribution in [-0.4, -0.2) is 29.7 Å². The van der Waals surface area contributed by atoms with Gasteiger partial charge in [-0.2, -0.15) is 0 Å². The van der Waals surface area contributed by atoms with Gasteiger partial charge in [0.1, 0.15) is 11.5 Å². The zero-order valence-corrected chi connectivity index (χ0v) is 15.6. The van der Waals surface area contributed by atoms with Crippen molar-refractivity contribution < 1.29 is 14.0 Å².